The van der Waals surface area contributed by atoms with Crippen LogP contribution in [0.5, 0.6) is 0 Å². The van der Waals surface area contributed by atoms with Crippen molar-refractivity contribution in [1.29, 1.82) is 0 Å². The maximum absolute atomic E-state index is 9.00. The van der Waals surface area contributed by atoms with Gasteiger partial charge in [0.25, 0.3) is 5.97 Å². The second-order valence-electron chi connectivity index (χ2n) is 3.08. The molecular formula is C14H30O6Ti. The molecule has 0 rings (SSSR count). The van der Waals surface area contributed by atoms with E-state index >= 15 is 0 Å². The monoisotopic (exact) mass is 342 g/mol. The molecule has 0 fully saturated rings. The van der Waals surface area contributed by atoms with Gasteiger partial charge in [0.2, 0.25) is 0 Å². The van der Waals surface area contributed by atoms with Gasteiger partial charge in [-0.25, -0.2) is 0 Å². The Labute approximate surface area is 143 Å². The minimum absolute atomic E-state index is 0. The number of carbonyl (C=O) groups excluding carboxylic acids is 2. The molecule has 0 radical (unpaired) electrons. The quantitative estimate of drug-likeness (QED) is 0.531. The third-order valence-electron chi connectivity index (χ3n) is 1.02. The molecule has 0 aliphatic heterocycles. The number of unbranched alkanes of at least 4 members (excludes halogenated alkanes) is 2. The van der Waals surface area contributed by atoms with Crippen molar-refractivity contribution in [1.82, 2.24) is 0 Å². The van der Waals surface area contributed by atoms with Gasteiger partial charge in [-0.05, 0) is 12.8 Å². The van der Waals surface area contributed by atoms with Crippen LogP contribution in [0, 0.1) is 0 Å². The first-order valence-corrected chi connectivity index (χ1v) is 6.38. The van der Waals surface area contributed by atoms with Crippen LogP contribution in [-0.4, -0.2) is 47.1 Å². The van der Waals surface area contributed by atoms with Gasteiger partial charge in [-0.1, -0.05) is 26.7 Å². The zero-order chi connectivity index (χ0) is 17.2. The third kappa shape index (κ3) is 499. The third-order valence-corrected chi connectivity index (χ3v) is 1.02. The molecule has 126 valence electrons. The molecule has 0 bridgehead atoms. The van der Waals surface area contributed by atoms with E-state index in [0.717, 1.165) is 32.6 Å². The van der Waals surface area contributed by atoms with E-state index in [-0.39, 0.29) is 21.7 Å². The number of aliphatic hydroxyl groups is 2. The fraction of sp³-hybridized carbons (Fsp3) is 0.786. The van der Waals surface area contributed by atoms with Crippen molar-refractivity contribution >= 4 is 18.5 Å². The second kappa shape index (κ2) is 60.6. The molecule has 0 aromatic carbocycles. The molecule has 0 unspecified atom stereocenters. The van der Waals surface area contributed by atoms with E-state index in [9.17, 15) is 0 Å². The van der Waals surface area contributed by atoms with Crippen molar-refractivity contribution in [2.75, 3.05) is 13.2 Å². The van der Waals surface area contributed by atoms with Gasteiger partial charge in [-0.15, -0.1) is 0 Å². The predicted octanol–water partition coefficient (Wildman–Crippen LogP) is 1.88. The zero-order valence-corrected chi connectivity index (χ0v) is 15.4. The summed E-state index contributed by atoms with van der Waals surface area (Å²) in [6.45, 7) is 8.51. The van der Waals surface area contributed by atoms with E-state index in [1.807, 2.05) is 0 Å². The Kier molecular flexibility index (Phi) is 107. The SMILES string of the molecule is CC(=O)O.CCCCO.CCCCO.C[C-]=O.C[C-]=O.[Ti+2]. The molecule has 0 spiro atoms. The van der Waals surface area contributed by atoms with Crippen LogP contribution in [0.25, 0.3) is 0 Å². The van der Waals surface area contributed by atoms with Gasteiger partial charge in [-0.3, -0.25) is 17.4 Å². The van der Waals surface area contributed by atoms with Gasteiger partial charge in [0.15, 0.2) is 0 Å². The van der Waals surface area contributed by atoms with Crippen LogP contribution in [0.15, 0.2) is 0 Å². The number of carboxylic acids is 1. The molecule has 0 aliphatic rings. The van der Waals surface area contributed by atoms with Gasteiger partial charge in [-0.2, -0.15) is 13.8 Å². The van der Waals surface area contributed by atoms with Crippen molar-refractivity contribution in [3.05, 3.63) is 0 Å². The van der Waals surface area contributed by atoms with Crippen LogP contribution in [0.2, 0.25) is 0 Å². The Morgan fingerprint density at radius 3 is 1.05 bits per heavy atom. The number of aliphatic hydroxyl groups excluding tert-OH is 2. The number of hydrogen-bond acceptors (Lipinski definition) is 5. The zero-order valence-electron chi connectivity index (χ0n) is 13.8. The van der Waals surface area contributed by atoms with Crippen LogP contribution < -0.4 is 0 Å². The molecule has 3 N–H and O–H groups in total. The molecular weight excluding hydrogens is 312 g/mol. The number of aliphatic carboxylic acids is 1. The molecule has 0 aromatic rings. The van der Waals surface area contributed by atoms with E-state index in [1.54, 1.807) is 0 Å². The first-order chi connectivity index (χ1) is 9.39. The Morgan fingerprint density at radius 2 is 1.05 bits per heavy atom. The summed E-state index contributed by atoms with van der Waals surface area (Å²) in [5.41, 5.74) is 0. The summed E-state index contributed by atoms with van der Waals surface area (Å²) in [5, 5.41) is 23.5. The molecule has 0 amide bonds. The molecule has 0 heterocycles. The number of rotatable bonds is 4. The van der Waals surface area contributed by atoms with E-state index in [2.05, 4.69) is 13.8 Å². The maximum Gasteiger partial charge on any atom is 2.00 e. The van der Waals surface area contributed by atoms with Gasteiger partial charge in [0, 0.05) is 20.1 Å². The summed E-state index contributed by atoms with van der Waals surface area (Å²) >= 11 is 0. The molecule has 0 aromatic heterocycles. The minimum atomic E-state index is -0.833. The van der Waals surface area contributed by atoms with E-state index in [0.29, 0.717) is 13.2 Å². The summed E-state index contributed by atoms with van der Waals surface area (Å²) in [6.07, 6.45) is 7.08. The maximum atomic E-state index is 9.00. The van der Waals surface area contributed by atoms with Crippen LogP contribution in [0.1, 0.15) is 60.3 Å². The van der Waals surface area contributed by atoms with Gasteiger partial charge < -0.3 is 24.9 Å². The van der Waals surface area contributed by atoms with Crippen LogP contribution in [0.3, 0.4) is 0 Å². The Hall–Kier alpha value is -0.556. The first-order valence-electron chi connectivity index (χ1n) is 6.38. The van der Waals surface area contributed by atoms with Gasteiger partial charge in [0.05, 0.1) is 0 Å². The van der Waals surface area contributed by atoms with Crippen molar-refractivity contribution in [2.24, 2.45) is 0 Å². The molecule has 6 nitrogen and oxygen atoms in total. The Bertz CT molecular complexity index is 146. The van der Waals surface area contributed by atoms with Crippen molar-refractivity contribution < 1.29 is 51.4 Å². The van der Waals surface area contributed by atoms with Crippen molar-refractivity contribution in [3.8, 4) is 0 Å². The van der Waals surface area contributed by atoms with Gasteiger partial charge >= 0.3 is 21.7 Å². The summed E-state index contributed by atoms with van der Waals surface area (Å²) < 4.78 is 0. The molecule has 0 saturated carbocycles. The smallest absolute Gasteiger partial charge is 0.542 e. The van der Waals surface area contributed by atoms with Crippen molar-refractivity contribution in [2.45, 2.75) is 60.3 Å². The van der Waals surface area contributed by atoms with Crippen molar-refractivity contribution in [3.63, 3.8) is 0 Å². The Balaban J connectivity index is -0.0000000337. The normalized spacial score (nSPS) is 6.43. The summed E-state index contributed by atoms with van der Waals surface area (Å²) in [4.78, 5) is 26.4. The molecule has 21 heavy (non-hydrogen) atoms. The molecule has 0 aliphatic carbocycles. The first kappa shape index (κ1) is 37.0. The van der Waals surface area contributed by atoms with Crippen LogP contribution >= 0.6 is 0 Å². The molecule has 0 atom stereocenters. The molecule has 7 heteroatoms. The number of carboxylic acid groups (broad SMARTS) is 1. The van der Waals surface area contributed by atoms with E-state index in [1.165, 1.54) is 26.4 Å². The summed E-state index contributed by atoms with van der Waals surface area (Å²) in [5.74, 6) is -0.833. The molecule has 0 saturated heterocycles. The number of carbonyl (C=O) groups is 1. The van der Waals surface area contributed by atoms with Gasteiger partial charge in [0.1, 0.15) is 0 Å². The fourth-order valence-corrected chi connectivity index (χ4v) is 0.316. The van der Waals surface area contributed by atoms with E-state index in [4.69, 9.17) is 29.7 Å². The van der Waals surface area contributed by atoms with Crippen LogP contribution in [0.4, 0.5) is 0 Å². The Morgan fingerprint density at radius 1 is 0.905 bits per heavy atom. The minimum Gasteiger partial charge on any atom is -0.542 e. The summed E-state index contributed by atoms with van der Waals surface area (Å²) in [6, 6.07) is 0. The van der Waals surface area contributed by atoms with E-state index < -0.39 is 5.97 Å². The summed E-state index contributed by atoms with van der Waals surface area (Å²) in [7, 11) is 0. The average molecular weight is 342 g/mol. The predicted molar refractivity (Wildman–Crippen MR) is 80.0 cm³/mol. The largest absolute Gasteiger partial charge is 2.00 e. The topological polar surface area (TPSA) is 112 Å². The second-order valence-corrected chi connectivity index (χ2v) is 3.08. The van der Waals surface area contributed by atoms with Crippen LogP contribution in [-0.2, 0) is 36.1 Å². The number of hydrogen-bond donors (Lipinski definition) is 3. The standard InChI is InChI=1S/2C4H10O.C2H4O2.2C2H3O.Ti/c2*1-2-3-4-5;1-2(3)4;2*1-2-3;/h2*5H,2-4H2,1H3;1H3,(H,3,4);2*1H3;/q;;;2*-1;+2. The average Bonchev–Trinajstić information content (AvgIpc) is 2.33. The fourth-order valence-electron chi connectivity index (χ4n) is 0.316.